The number of nitrogens with one attached hydrogen (secondary N) is 2. The van der Waals surface area contributed by atoms with E-state index in [0.29, 0.717) is 38.5 Å². The molecular formula is C108H112Cl6N12O12Sn3. The fourth-order valence-corrected chi connectivity index (χ4v) is 42.4. The van der Waals surface area contributed by atoms with Crippen LogP contribution in [0, 0.1) is 41.5 Å². The molecule has 0 unspecified atom stereocenters. The van der Waals surface area contributed by atoms with E-state index in [9.17, 15) is 28.8 Å². The Hall–Kier alpha value is -10.5. The standard InChI is InChI=1S/2C36H38N4O4.C36H36N4O4.6ClH.3Sn/c3*1-9-23-19(3)27-15-28-21(5)25(11-13-35(41)43-7)33(39-28)18-34-26(12-14-36(42)44-8)22(6)30(40-34)17-32-24(10-2)20(4)29(38-32)16-31(23)37-27;;;;;;;;;/h10,15-18H,2,9,11-14H2,1,3-8H3;9-10,15-18,38,40H,1-2,11-14H2,3-8H3;9-10,15-18H,1-2,11-14H2,3-8H3;6*1H;;;/q-2;;-2;;;;;;;+2;2*+4/p-6. The minimum atomic E-state index is -4.83. The molecule has 0 aliphatic carbocycles. The second-order valence-electron chi connectivity index (χ2n) is 35.2. The molecule has 730 valence electrons. The molecule has 0 aromatic carbocycles. The molecule has 0 amide bonds. The van der Waals surface area contributed by atoms with Crippen molar-refractivity contribution < 1.29 is 57.2 Å². The number of aliphatic imine (C=N–C) groups is 4. The molecular weight excluding hydrogens is 2230 g/mol. The van der Waals surface area contributed by atoms with Crippen molar-refractivity contribution in [2.45, 2.75) is 173 Å². The first-order chi connectivity index (χ1) is 67.2. The van der Waals surface area contributed by atoms with Crippen molar-refractivity contribution >= 4 is 270 Å². The Morgan fingerprint density at radius 2 is 0.759 bits per heavy atom. The number of rotatable bonds is 24. The van der Waals surface area contributed by atoms with E-state index >= 15 is 0 Å². The summed E-state index contributed by atoms with van der Waals surface area (Å²) >= 11 is -10.4. The third-order valence-corrected chi connectivity index (χ3v) is 48.6. The summed E-state index contributed by atoms with van der Waals surface area (Å²) in [6, 6.07) is 8.14. The monoisotopic (exact) mass is 2340 g/mol. The van der Waals surface area contributed by atoms with Crippen molar-refractivity contribution in [2.75, 3.05) is 42.7 Å². The Morgan fingerprint density at radius 1 is 0.340 bits per heavy atom. The number of H-pyrrole nitrogens is 2. The van der Waals surface area contributed by atoms with Crippen LogP contribution in [0.1, 0.15) is 219 Å². The number of aromatic nitrogens is 8. The molecule has 20 bridgehead atoms. The molecule has 24 nitrogen and oxygen atoms in total. The molecule has 2 N–H and O–H groups in total. The maximum atomic E-state index is 12.5. The summed E-state index contributed by atoms with van der Waals surface area (Å²) < 4.78 is 38.4. The van der Waals surface area contributed by atoms with Gasteiger partial charge in [0, 0.05) is 46.0 Å². The van der Waals surface area contributed by atoms with Gasteiger partial charge in [-0.15, -0.1) is 0 Å². The molecule has 10 aliphatic rings. The van der Waals surface area contributed by atoms with Gasteiger partial charge in [-0.25, -0.2) is 9.97 Å². The number of aromatic amines is 2. The van der Waals surface area contributed by atoms with E-state index < -0.39 is 52.2 Å². The number of aryl methyl sites for hydroxylation is 3. The predicted molar refractivity (Wildman–Crippen MR) is 580 cm³/mol. The van der Waals surface area contributed by atoms with Crippen molar-refractivity contribution in [3.05, 3.63) is 276 Å². The molecule has 0 atom stereocenters. The van der Waals surface area contributed by atoms with Gasteiger partial charge in [0.25, 0.3) is 0 Å². The Labute approximate surface area is 862 Å². The van der Waals surface area contributed by atoms with E-state index in [0.717, 1.165) is 275 Å². The molecule has 17 heterocycles. The zero-order valence-electron chi connectivity index (χ0n) is 82.7. The number of hydrogen-bond acceptors (Lipinski definition) is 18. The summed E-state index contributed by atoms with van der Waals surface area (Å²) in [5.74, 6) is -1.77. The fraction of sp³-hybridized carbons (Fsp3) is 0.296. The average Bonchev–Trinajstić information content (AvgIpc) is 1.55. The second kappa shape index (κ2) is 44.0. The summed E-state index contributed by atoms with van der Waals surface area (Å²) in [5, 5.41) is 3.44. The number of ether oxygens (including phenoxy) is 6. The van der Waals surface area contributed by atoms with E-state index in [2.05, 4.69) is 106 Å². The van der Waals surface area contributed by atoms with Gasteiger partial charge in [0.05, 0.1) is 37.0 Å². The summed E-state index contributed by atoms with van der Waals surface area (Å²) in [6.45, 7) is 47.3. The molecule has 0 spiro atoms. The number of allylic oxidation sites excluding steroid dienone is 14. The number of hydrogen-bond donors (Lipinski definition) is 2. The van der Waals surface area contributed by atoms with Gasteiger partial charge in [-0.1, -0.05) is 25.3 Å². The quantitative estimate of drug-likeness (QED) is 0.0323. The molecule has 7 aromatic heterocycles. The molecule has 141 heavy (non-hydrogen) atoms. The van der Waals surface area contributed by atoms with Gasteiger partial charge in [0.2, 0.25) is 0 Å². The van der Waals surface area contributed by atoms with E-state index in [4.69, 9.17) is 112 Å². The van der Waals surface area contributed by atoms with Crippen LogP contribution in [0.2, 0.25) is 0 Å². The van der Waals surface area contributed by atoms with Crippen molar-refractivity contribution in [1.82, 2.24) is 31.1 Å². The van der Waals surface area contributed by atoms with Crippen molar-refractivity contribution in [3.8, 4) is 0 Å². The Bertz CT molecular complexity index is 7670. The molecule has 33 heteroatoms. The van der Waals surface area contributed by atoms with E-state index in [1.54, 1.807) is 0 Å². The number of esters is 6. The number of nitrogens with zero attached hydrogens (tertiary/aromatic N) is 10. The van der Waals surface area contributed by atoms with Crippen molar-refractivity contribution in [1.29, 1.82) is 0 Å². The van der Waals surface area contributed by atoms with E-state index in [1.807, 2.05) is 141 Å². The number of carbonyl (C=O) groups excluding carboxylic acids is 6. The predicted octanol–water partition coefficient (Wildman–Crippen LogP) is 20.4. The van der Waals surface area contributed by atoms with Crippen molar-refractivity contribution in [2.24, 2.45) is 20.0 Å². The summed E-state index contributed by atoms with van der Waals surface area (Å²) in [5.41, 5.74) is 39.8. The fourth-order valence-electron chi connectivity index (χ4n) is 20.0. The van der Waals surface area contributed by atoms with Crippen LogP contribution in [0.5, 0.6) is 0 Å². The molecule has 2 radical (unpaired) electrons. The van der Waals surface area contributed by atoms with Crippen LogP contribution in [0.4, 0.5) is 0 Å². The number of methoxy groups -OCH3 is 6. The van der Waals surface area contributed by atoms with Crippen LogP contribution >= 0.6 is 53.5 Å². The number of carbonyl (C=O) groups is 6. The molecule has 0 fully saturated rings. The van der Waals surface area contributed by atoms with Gasteiger partial charge < -0.3 is 19.4 Å². The first-order valence-electron chi connectivity index (χ1n) is 46.1. The Morgan fingerprint density at radius 3 is 1.33 bits per heavy atom. The second-order valence-corrected chi connectivity index (χ2v) is 67.1. The SMILES string of the molecule is C=CC1=C(C)C2=Cc3c(C=C)c(C)c4[n]3[Sn]([Cl])([Cl])[n]3c(c(C)c(CCC(=O)OC)c3=CC3=NC(=C4)C(C)=C3CCC(=O)OC)=CC1=N2.C=CC1=C(C)C2=NC1=Cc1c(C)c(CCC(=O)OC)c3[n]1[Sn]([Cl])([Cl])[n]1c(c(C)c(CC)c1=C2)=CC1=NC(=C3)C(CCC(=O)OC)=C1C.C=CC1=C(C)c2cc3nc(cc4[nH]c(cc5[nH]c(cc1n2)c(C)c5C=C)c(C)c4CCC(=O)OC)C(CCC(=O)OC)=C3C.[Cl][Sn][Cl]. The van der Waals surface area contributed by atoms with Gasteiger partial charge in [-0.05, 0) is 98.2 Å². The maximum absolute atomic E-state index is 12.5. The van der Waals surface area contributed by atoms with Crippen LogP contribution < -0.4 is 21.4 Å². The van der Waals surface area contributed by atoms with E-state index in [-0.39, 0.29) is 74.3 Å². The topological polar surface area (TPSA) is 284 Å². The third-order valence-electron chi connectivity index (χ3n) is 27.9. The van der Waals surface area contributed by atoms with Crippen LogP contribution in [0.15, 0.2) is 163 Å². The van der Waals surface area contributed by atoms with E-state index in [1.165, 1.54) is 42.7 Å². The number of fused-ring (bicyclic) bond motifs is 12. The zero-order chi connectivity index (χ0) is 102. The minimum absolute atomic E-state index is 0.166. The Kier molecular flexibility index (Phi) is 33.1. The van der Waals surface area contributed by atoms with Gasteiger partial charge in [0.1, 0.15) is 0 Å². The zero-order valence-corrected chi connectivity index (χ0v) is 95.8. The average molecular weight is 2340 g/mol. The molecule has 10 aliphatic heterocycles. The first-order valence-corrected chi connectivity index (χ1v) is 72.9. The van der Waals surface area contributed by atoms with Crippen LogP contribution in [0.25, 0.3) is 105 Å². The summed E-state index contributed by atoms with van der Waals surface area (Å²) in [4.78, 5) is 112. The third kappa shape index (κ3) is 20.1. The van der Waals surface area contributed by atoms with Crippen LogP contribution in [0.3, 0.4) is 0 Å². The summed E-state index contributed by atoms with van der Waals surface area (Å²) in [7, 11) is 50.0. The molecule has 7 aromatic rings. The molecule has 0 saturated heterocycles. The molecule has 17 rings (SSSR count). The normalized spacial score (nSPS) is 15.6. The van der Waals surface area contributed by atoms with Gasteiger partial charge in [-0.2, -0.15) is 0 Å². The summed E-state index contributed by atoms with van der Waals surface area (Å²) in [6.07, 6.45) is 30.3. The van der Waals surface area contributed by atoms with Gasteiger partial charge in [-0.3, -0.25) is 9.59 Å². The number of halogens is 6. The van der Waals surface area contributed by atoms with Crippen LogP contribution in [-0.4, -0.2) is 185 Å². The van der Waals surface area contributed by atoms with Crippen LogP contribution in [-0.2, 0) is 82.9 Å². The Balaban J connectivity index is 0.000000166. The van der Waals surface area contributed by atoms with Crippen molar-refractivity contribution in [3.63, 3.8) is 0 Å². The van der Waals surface area contributed by atoms with Gasteiger partial charge >= 0.3 is 625 Å². The first kappa shape index (κ1) is 106. The van der Waals surface area contributed by atoms with Gasteiger partial charge in [0.15, 0.2) is 0 Å². The molecule has 0 saturated carbocycles.